The lowest BCUT2D eigenvalue weighted by atomic mass is 9.44. The third kappa shape index (κ3) is 2.86. The van der Waals surface area contributed by atoms with Crippen LogP contribution in [0.1, 0.15) is 66.2 Å². The summed E-state index contributed by atoms with van der Waals surface area (Å²) in [5, 5.41) is 21.5. The highest BCUT2D eigenvalue weighted by Crippen LogP contribution is 2.64. The van der Waals surface area contributed by atoms with Crippen LogP contribution in [0, 0.1) is 28.1 Å². The number of rotatable bonds is 3. The number of hydrogen-bond donors (Lipinski definition) is 2. The van der Waals surface area contributed by atoms with E-state index in [4.69, 9.17) is 4.74 Å². The number of hydrogen-bond acceptors (Lipinski definition) is 4. The van der Waals surface area contributed by atoms with Crippen LogP contribution in [-0.2, 0) is 9.53 Å². The molecule has 0 spiro atoms. The van der Waals surface area contributed by atoms with Crippen molar-refractivity contribution in [2.24, 2.45) is 28.1 Å². The third-order valence-electron chi connectivity index (χ3n) is 8.00. The molecule has 4 nitrogen and oxygen atoms in total. The Labute approximate surface area is 157 Å². The Kier molecular flexibility index (Phi) is 4.90. The molecule has 0 amide bonds. The van der Waals surface area contributed by atoms with Crippen LogP contribution in [0.15, 0.2) is 24.3 Å². The van der Waals surface area contributed by atoms with E-state index in [1.807, 2.05) is 6.92 Å². The summed E-state index contributed by atoms with van der Waals surface area (Å²) in [7, 11) is 0. The van der Waals surface area contributed by atoms with Crippen molar-refractivity contribution in [3.05, 3.63) is 24.3 Å². The summed E-state index contributed by atoms with van der Waals surface area (Å²) in [6, 6.07) is 0. The van der Waals surface area contributed by atoms with Gasteiger partial charge in [0.15, 0.2) is 0 Å². The maximum absolute atomic E-state index is 11.4. The van der Waals surface area contributed by atoms with Crippen LogP contribution < -0.4 is 0 Å². The van der Waals surface area contributed by atoms with E-state index in [0.717, 1.165) is 32.1 Å². The summed E-state index contributed by atoms with van der Waals surface area (Å²) in [4.78, 5) is 11.4. The summed E-state index contributed by atoms with van der Waals surface area (Å²) in [6.45, 7) is 11.8. The number of aliphatic hydroxyl groups is 2. The van der Waals surface area contributed by atoms with Crippen molar-refractivity contribution in [3.8, 4) is 0 Å². The molecule has 2 fully saturated rings. The van der Waals surface area contributed by atoms with Crippen molar-refractivity contribution < 1.29 is 19.7 Å². The van der Waals surface area contributed by atoms with E-state index in [2.05, 4.69) is 32.6 Å². The fourth-order valence-electron chi connectivity index (χ4n) is 6.19. The molecule has 0 aromatic heterocycles. The average molecular weight is 363 g/mol. The van der Waals surface area contributed by atoms with E-state index in [0.29, 0.717) is 12.3 Å². The molecule has 0 saturated heterocycles. The lowest BCUT2D eigenvalue weighted by molar-refractivity contribution is -0.250. The first kappa shape index (κ1) is 19.6. The second kappa shape index (κ2) is 6.49. The molecule has 7 atom stereocenters. The lowest BCUT2D eigenvalue weighted by Crippen LogP contribution is -2.61. The van der Waals surface area contributed by atoms with E-state index in [9.17, 15) is 15.0 Å². The van der Waals surface area contributed by atoms with Gasteiger partial charge in [-0.3, -0.25) is 4.79 Å². The molecule has 0 aliphatic heterocycles. The minimum absolute atomic E-state index is 0.00168. The summed E-state index contributed by atoms with van der Waals surface area (Å²) in [6.07, 6.45) is 8.12. The molecule has 146 valence electrons. The van der Waals surface area contributed by atoms with E-state index >= 15 is 0 Å². The van der Waals surface area contributed by atoms with Gasteiger partial charge in [0.25, 0.3) is 0 Å². The Morgan fingerprint density at radius 2 is 2.04 bits per heavy atom. The van der Waals surface area contributed by atoms with Crippen LogP contribution in [0.5, 0.6) is 0 Å². The van der Waals surface area contributed by atoms with Crippen LogP contribution in [-0.4, -0.2) is 28.6 Å². The normalized spacial score (nSPS) is 46.4. The van der Waals surface area contributed by atoms with Crippen molar-refractivity contribution in [1.82, 2.24) is 0 Å². The van der Waals surface area contributed by atoms with Gasteiger partial charge in [-0.2, -0.15) is 0 Å². The van der Waals surface area contributed by atoms with Crippen molar-refractivity contribution in [2.45, 2.75) is 78.6 Å². The van der Waals surface area contributed by atoms with E-state index in [-0.39, 0.29) is 16.7 Å². The lowest BCUT2D eigenvalue weighted by Gasteiger charge is -2.61. The summed E-state index contributed by atoms with van der Waals surface area (Å²) < 4.78 is 5.17. The van der Waals surface area contributed by atoms with Gasteiger partial charge in [0.1, 0.15) is 0 Å². The van der Waals surface area contributed by atoms with Gasteiger partial charge in [0.2, 0.25) is 6.29 Å². The SMILES string of the molecule is C=C[C@@]1(C)CC[C@H]2C(=CC[C@@H]3[C@]2(C)CC[C@H](O)[C@]3(C)C(O)OC(C)=O)C1. The zero-order valence-electron chi connectivity index (χ0n) is 16.6. The molecule has 0 heterocycles. The number of carbonyl (C=O) groups excluding carboxylic acids is 1. The minimum atomic E-state index is -1.28. The van der Waals surface area contributed by atoms with Crippen LogP contribution in [0.4, 0.5) is 0 Å². The number of ether oxygens (including phenoxy) is 1. The standard InChI is InChI=1S/C22H34O4/c1-6-20(3)11-9-16-15(13-20)7-8-17-21(16,4)12-10-18(24)22(17,5)19(25)26-14(2)23/h6-7,16-19,24-25H,1,8-13H2,2-5H3/t16-,17+,18-,19?,20-,21+,22+/m0/s1. The fraction of sp³-hybridized carbons (Fsp3) is 0.773. The first-order valence-electron chi connectivity index (χ1n) is 9.93. The van der Waals surface area contributed by atoms with Crippen molar-refractivity contribution in [1.29, 1.82) is 0 Å². The van der Waals surface area contributed by atoms with Crippen molar-refractivity contribution in [3.63, 3.8) is 0 Å². The molecule has 4 heteroatoms. The van der Waals surface area contributed by atoms with Crippen molar-refractivity contribution >= 4 is 5.97 Å². The van der Waals surface area contributed by atoms with Gasteiger partial charge in [0.05, 0.1) is 11.5 Å². The summed E-state index contributed by atoms with van der Waals surface area (Å²) in [5.41, 5.74) is 0.833. The molecule has 0 bridgehead atoms. The maximum Gasteiger partial charge on any atom is 0.304 e. The average Bonchev–Trinajstić information content (AvgIpc) is 2.57. The Morgan fingerprint density at radius 3 is 2.65 bits per heavy atom. The highest BCUT2D eigenvalue weighted by atomic mass is 16.6. The predicted molar refractivity (Wildman–Crippen MR) is 101 cm³/mol. The molecule has 3 rings (SSSR count). The molecule has 0 radical (unpaired) electrons. The zero-order chi connectivity index (χ0) is 19.3. The smallest absolute Gasteiger partial charge is 0.304 e. The summed E-state index contributed by atoms with van der Waals surface area (Å²) >= 11 is 0. The molecular formula is C22H34O4. The summed E-state index contributed by atoms with van der Waals surface area (Å²) in [5.74, 6) is 0.0326. The molecule has 1 unspecified atom stereocenters. The van der Waals surface area contributed by atoms with Gasteiger partial charge in [-0.05, 0) is 61.2 Å². The fourth-order valence-corrected chi connectivity index (χ4v) is 6.19. The topological polar surface area (TPSA) is 66.8 Å². The number of carbonyl (C=O) groups is 1. The zero-order valence-corrected chi connectivity index (χ0v) is 16.6. The minimum Gasteiger partial charge on any atom is -0.435 e. The van der Waals surface area contributed by atoms with E-state index < -0.39 is 23.8 Å². The predicted octanol–water partition coefficient (Wildman–Crippen LogP) is 3.97. The Balaban J connectivity index is 1.97. The number of fused-ring (bicyclic) bond motifs is 3. The molecular weight excluding hydrogens is 328 g/mol. The quantitative estimate of drug-likeness (QED) is 0.453. The third-order valence-corrected chi connectivity index (χ3v) is 8.00. The van der Waals surface area contributed by atoms with Crippen molar-refractivity contribution in [2.75, 3.05) is 0 Å². The van der Waals surface area contributed by atoms with Crippen LogP contribution in [0.3, 0.4) is 0 Å². The molecule has 2 saturated carbocycles. The van der Waals surface area contributed by atoms with Gasteiger partial charge in [-0.25, -0.2) is 0 Å². The second-order valence-corrected chi connectivity index (χ2v) is 9.58. The highest BCUT2D eigenvalue weighted by Gasteiger charge is 2.61. The Hall–Kier alpha value is -1.13. The first-order valence-corrected chi connectivity index (χ1v) is 9.93. The van der Waals surface area contributed by atoms with Gasteiger partial charge < -0.3 is 14.9 Å². The molecule has 3 aliphatic rings. The molecule has 0 aromatic carbocycles. The van der Waals surface area contributed by atoms with Crippen LogP contribution in [0.2, 0.25) is 0 Å². The van der Waals surface area contributed by atoms with Gasteiger partial charge in [0, 0.05) is 6.92 Å². The molecule has 26 heavy (non-hydrogen) atoms. The van der Waals surface area contributed by atoms with E-state index in [1.54, 1.807) is 0 Å². The monoisotopic (exact) mass is 362 g/mol. The Morgan fingerprint density at radius 1 is 1.35 bits per heavy atom. The van der Waals surface area contributed by atoms with Crippen LogP contribution in [0.25, 0.3) is 0 Å². The second-order valence-electron chi connectivity index (χ2n) is 9.58. The van der Waals surface area contributed by atoms with Crippen LogP contribution >= 0.6 is 0 Å². The number of allylic oxidation sites excluding steroid dienone is 3. The molecule has 0 aromatic rings. The molecule has 2 N–H and O–H groups in total. The Bertz CT molecular complexity index is 626. The number of aliphatic hydroxyl groups excluding tert-OH is 2. The number of esters is 1. The molecule has 3 aliphatic carbocycles. The first-order chi connectivity index (χ1) is 12.1. The van der Waals surface area contributed by atoms with Gasteiger partial charge in [-0.1, -0.05) is 38.5 Å². The highest BCUT2D eigenvalue weighted by molar-refractivity contribution is 5.66. The largest absolute Gasteiger partial charge is 0.435 e. The van der Waals surface area contributed by atoms with E-state index in [1.165, 1.54) is 12.5 Å². The maximum atomic E-state index is 11.4. The van der Waals surface area contributed by atoms with Gasteiger partial charge >= 0.3 is 5.97 Å². The van der Waals surface area contributed by atoms with Gasteiger partial charge in [-0.15, -0.1) is 6.58 Å².